The minimum absolute atomic E-state index is 0.945. The minimum atomic E-state index is 0.945. The molecule has 1 aliphatic heterocycles. The van der Waals surface area contributed by atoms with E-state index in [2.05, 4.69) is 35.2 Å². The van der Waals surface area contributed by atoms with Gasteiger partial charge in [0, 0.05) is 18.6 Å². The van der Waals surface area contributed by atoms with Crippen molar-refractivity contribution in [3.8, 4) is 0 Å². The van der Waals surface area contributed by atoms with Gasteiger partial charge < -0.3 is 0 Å². The molecule has 1 nitrogen and oxygen atoms in total. The second-order valence-corrected chi connectivity index (χ2v) is 4.22. The molecular formula is C12H15N. The van der Waals surface area contributed by atoms with Gasteiger partial charge in [-0.2, -0.15) is 0 Å². The second-order valence-electron chi connectivity index (χ2n) is 4.22. The normalized spacial score (nSPS) is 35.8. The van der Waals surface area contributed by atoms with E-state index in [1.165, 1.54) is 31.4 Å². The largest absolute Gasteiger partial charge is 0.290 e. The van der Waals surface area contributed by atoms with E-state index in [1.54, 1.807) is 0 Å². The van der Waals surface area contributed by atoms with Crippen molar-refractivity contribution in [3.63, 3.8) is 0 Å². The maximum absolute atomic E-state index is 2.64. The number of benzene rings is 1. The smallest absolute Gasteiger partial charge is 0.0258 e. The molecule has 0 radical (unpaired) electrons. The fourth-order valence-corrected chi connectivity index (χ4v) is 2.67. The van der Waals surface area contributed by atoms with Crippen molar-refractivity contribution >= 4 is 0 Å². The molecule has 0 amide bonds. The predicted octanol–water partition coefficient (Wildman–Crippen LogP) is 2.42. The van der Waals surface area contributed by atoms with E-state index >= 15 is 0 Å². The van der Waals surface area contributed by atoms with Crippen LogP contribution < -0.4 is 0 Å². The van der Waals surface area contributed by atoms with Crippen molar-refractivity contribution in [2.24, 2.45) is 0 Å². The van der Waals surface area contributed by atoms with Crippen LogP contribution in [0.5, 0.6) is 0 Å². The highest BCUT2D eigenvalue weighted by Gasteiger charge is 2.49. The zero-order valence-corrected chi connectivity index (χ0v) is 7.82. The SMILES string of the molecule is c1ccc(CN2[C@@H]3CCC[C@@H]32)cc1. The van der Waals surface area contributed by atoms with Gasteiger partial charge in [0.1, 0.15) is 0 Å². The molecule has 3 rings (SSSR count). The topological polar surface area (TPSA) is 3.01 Å². The lowest BCUT2D eigenvalue weighted by atomic mass is 10.2. The van der Waals surface area contributed by atoms with Gasteiger partial charge in [0.15, 0.2) is 0 Å². The molecule has 1 aromatic carbocycles. The van der Waals surface area contributed by atoms with Gasteiger partial charge in [-0.05, 0) is 18.4 Å². The van der Waals surface area contributed by atoms with Crippen molar-refractivity contribution in [2.45, 2.75) is 37.9 Å². The number of hydrogen-bond acceptors (Lipinski definition) is 1. The number of likely N-dealkylation sites (tertiary alicyclic amines) is 1. The Morgan fingerprint density at radius 2 is 1.77 bits per heavy atom. The molecule has 1 heteroatoms. The van der Waals surface area contributed by atoms with E-state index in [1.807, 2.05) is 0 Å². The first-order valence-corrected chi connectivity index (χ1v) is 5.25. The molecule has 0 spiro atoms. The molecule has 1 saturated heterocycles. The molecule has 3 atom stereocenters. The zero-order valence-electron chi connectivity index (χ0n) is 7.82. The second kappa shape index (κ2) is 2.85. The Bertz CT molecular complexity index is 283. The summed E-state index contributed by atoms with van der Waals surface area (Å²) < 4.78 is 0. The predicted molar refractivity (Wildman–Crippen MR) is 53.4 cm³/mol. The molecule has 13 heavy (non-hydrogen) atoms. The van der Waals surface area contributed by atoms with Crippen LogP contribution in [0.1, 0.15) is 24.8 Å². The third-order valence-electron chi connectivity index (χ3n) is 3.41. The molecule has 0 N–H and O–H groups in total. The van der Waals surface area contributed by atoms with Gasteiger partial charge in [0.05, 0.1) is 0 Å². The van der Waals surface area contributed by atoms with Crippen LogP contribution >= 0.6 is 0 Å². The highest BCUT2D eigenvalue weighted by molar-refractivity contribution is 5.18. The first-order chi connectivity index (χ1) is 6.45. The molecule has 1 aliphatic carbocycles. The number of rotatable bonds is 2. The zero-order chi connectivity index (χ0) is 8.67. The van der Waals surface area contributed by atoms with E-state index < -0.39 is 0 Å². The summed E-state index contributed by atoms with van der Waals surface area (Å²) >= 11 is 0. The van der Waals surface area contributed by atoms with Gasteiger partial charge >= 0.3 is 0 Å². The highest BCUT2D eigenvalue weighted by Crippen LogP contribution is 2.43. The number of piperidine rings is 1. The van der Waals surface area contributed by atoms with Crippen LogP contribution in [0.4, 0.5) is 0 Å². The molecule has 2 aliphatic rings. The van der Waals surface area contributed by atoms with Gasteiger partial charge in [-0.15, -0.1) is 0 Å². The van der Waals surface area contributed by atoms with Gasteiger partial charge in [-0.25, -0.2) is 0 Å². The first-order valence-electron chi connectivity index (χ1n) is 5.25. The maximum atomic E-state index is 2.64. The van der Waals surface area contributed by atoms with Crippen LogP contribution in [0, 0.1) is 0 Å². The fraction of sp³-hybridized carbons (Fsp3) is 0.500. The molecule has 68 valence electrons. The van der Waals surface area contributed by atoms with Gasteiger partial charge in [0.2, 0.25) is 0 Å². The lowest BCUT2D eigenvalue weighted by Crippen LogP contribution is -2.05. The molecular weight excluding hydrogens is 158 g/mol. The Hall–Kier alpha value is -0.820. The highest BCUT2D eigenvalue weighted by atomic mass is 15.4. The third-order valence-corrected chi connectivity index (χ3v) is 3.41. The Morgan fingerprint density at radius 1 is 1.08 bits per heavy atom. The Morgan fingerprint density at radius 3 is 2.46 bits per heavy atom. The van der Waals surface area contributed by atoms with Crippen LogP contribution in [0.25, 0.3) is 0 Å². The van der Waals surface area contributed by atoms with Crippen LogP contribution in [0.3, 0.4) is 0 Å². The lowest BCUT2D eigenvalue weighted by molar-refractivity contribution is 0.420. The van der Waals surface area contributed by atoms with Crippen molar-refractivity contribution < 1.29 is 0 Å². The third kappa shape index (κ3) is 1.28. The fourth-order valence-electron chi connectivity index (χ4n) is 2.67. The maximum Gasteiger partial charge on any atom is 0.0258 e. The van der Waals surface area contributed by atoms with E-state index in [0.29, 0.717) is 0 Å². The van der Waals surface area contributed by atoms with E-state index in [9.17, 15) is 0 Å². The number of fused-ring (bicyclic) bond motifs is 1. The summed E-state index contributed by atoms with van der Waals surface area (Å²) in [5.74, 6) is 0. The molecule has 0 bridgehead atoms. The van der Waals surface area contributed by atoms with Crippen LogP contribution in [0.15, 0.2) is 30.3 Å². The summed E-state index contributed by atoms with van der Waals surface area (Å²) in [6.45, 7) is 1.18. The Labute approximate surface area is 79.4 Å². The average molecular weight is 173 g/mol. The summed E-state index contributed by atoms with van der Waals surface area (Å²) in [7, 11) is 0. The summed E-state index contributed by atoms with van der Waals surface area (Å²) in [5.41, 5.74) is 1.47. The van der Waals surface area contributed by atoms with Crippen molar-refractivity contribution in [1.29, 1.82) is 0 Å². The summed E-state index contributed by atoms with van der Waals surface area (Å²) in [6, 6.07) is 12.7. The molecule has 1 aromatic rings. The standard InChI is InChI=1S/C12H15N/c1-2-5-10(6-3-1)9-13-11-7-4-8-12(11)13/h1-3,5-6,11-12H,4,7-9H2/t11-,12+,13?. The summed E-state index contributed by atoms with van der Waals surface area (Å²) in [4.78, 5) is 2.64. The van der Waals surface area contributed by atoms with Crippen molar-refractivity contribution in [2.75, 3.05) is 0 Å². The Balaban J connectivity index is 1.66. The van der Waals surface area contributed by atoms with Crippen LogP contribution in [-0.2, 0) is 6.54 Å². The summed E-state index contributed by atoms with van der Waals surface area (Å²) in [5, 5.41) is 0. The number of nitrogens with zero attached hydrogens (tertiary/aromatic N) is 1. The minimum Gasteiger partial charge on any atom is -0.290 e. The van der Waals surface area contributed by atoms with Crippen LogP contribution in [-0.4, -0.2) is 17.0 Å². The van der Waals surface area contributed by atoms with Gasteiger partial charge in [-0.1, -0.05) is 36.8 Å². The van der Waals surface area contributed by atoms with E-state index in [-0.39, 0.29) is 0 Å². The van der Waals surface area contributed by atoms with E-state index in [0.717, 1.165) is 12.1 Å². The molecule has 2 fully saturated rings. The lowest BCUT2D eigenvalue weighted by Gasteiger charge is -2.06. The first kappa shape index (κ1) is 7.57. The monoisotopic (exact) mass is 173 g/mol. The molecule has 1 unspecified atom stereocenters. The molecule has 0 aromatic heterocycles. The Kier molecular flexibility index (Phi) is 1.66. The average Bonchev–Trinajstić information content (AvgIpc) is 2.65. The quantitative estimate of drug-likeness (QED) is 0.621. The van der Waals surface area contributed by atoms with E-state index in [4.69, 9.17) is 0 Å². The summed E-state index contributed by atoms with van der Waals surface area (Å²) in [6.07, 6.45) is 4.34. The van der Waals surface area contributed by atoms with Crippen molar-refractivity contribution in [1.82, 2.24) is 4.90 Å². The molecule has 1 saturated carbocycles. The van der Waals surface area contributed by atoms with Gasteiger partial charge in [0.25, 0.3) is 0 Å². The number of hydrogen-bond donors (Lipinski definition) is 0. The molecule has 1 heterocycles. The van der Waals surface area contributed by atoms with Gasteiger partial charge in [-0.3, -0.25) is 4.90 Å². The van der Waals surface area contributed by atoms with Crippen LogP contribution in [0.2, 0.25) is 0 Å². The van der Waals surface area contributed by atoms with Crippen molar-refractivity contribution in [3.05, 3.63) is 35.9 Å².